The first kappa shape index (κ1) is 23.0. The van der Waals surface area contributed by atoms with E-state index in [1.54, 1.807) is 24.1 Å². The molecule has 1 aromatic heterocycles. The lowest BCUT2D eigenvalue weighted by Gasteiger charge is -2.27. The van der Waals surface area contributed by atoms with Crippen LogP contribution in [0.5, 0.6) is 11.5 Å². The lowest BCUT2D eigenvalue weighted by Crippen LogP contribution is -2.40. The van der Waals surface area contributed by atoms with E-state index in [2.05, 4.69) is 14.9 Å². The lowest BCUT2D eigenvalue weighted by molar-refractivity contribution is 0.0300. The minimum atomic E-state index is -4.02. The summed E-state index contributed by atoms with van der Waals surface area (Å²) in [6.45, 7) is 1.72. The number of nitrogens with zero attached hydrogens (tertiary/aromatic N) is 3. The highest BCUT2D eigenvalue weighted by molar-refractivity contribution is 7.93. The van der Waals surface area contributed by atoms with Gasteiger partial charge >= 0.3 is 0 Å². The van der Waals surface area contributed by atoms with Crippen LogP contribution >= 0.6 is 11.3 Å². The van der Waals surface area contributed by atoms with Crippen LogP contribution in [0.1, 0.15) is 10.4 Å². The monoisotopic (exact) mass is 490 g/mol. The van der Waals surface area contributed by atoms with Crippen LogP contribution in [0.3, 0.4) is 0 Å². The van der Waals surface area contributed by atoms with Crippen molar-refractivity contribution in [2.45, 2.75) is 4.90 Å². The highest BCUT2D eigenvalue weighted by Gasteiger charge is 2.25. The van der Waals surface area contributed by atoms with E-state index < -0.39 is 10.0 Å². The van der Waals surface area contributed by atoms with Gasteiger partial charge in [0, 0.05) is 18.7 Å². The van der Waals surface area contributed by atoms with Crippen LogP contribution in [0.4, 0.5) is 5.13 Å². The van der Waals surface area contributed by atoms with Crippen molar-refractivity contribution in [3.8, 4) is 22.1 Å². The zero-order chi connectivity index (χ0) is 23.4. The maximum Gasteiger partial charge on any atom is 0.263 e. The molecule has 1 aliphatic rings. The third kappa shape index (κ3) is 5.07. The molecule has 0 aliphatic carbocycles. The number of hydrogen-bond donors (Lipinski definition) is 1. The van der Waals surface area contributed by atoms with Crippen LogP contribution in [0.25, 0.3) is 10.6 Å². The Kier molecular flexibility index (Phi) is 6.77. The third-order valence-electron chi connectivity index (χ3n) is 4.99. The van der Waals surface area contributed by atoms with Gasteiger partial charge in [0.25, 0.3) is 15.9 Å². The molecule has 4 rings (SSSR count). The number of morpholine rings is 1. The Balaban J connectivity index is 1.57. The molecule has 1 amide bonds. The van der Waals surface area contributed by atoms with Gasteiger partial charge in [-0.2, -0.15) is 0 Å². The van der Waals surface area contributed by atoms with Crippen molar-refractivity contribution in [1.29, 1.82) is 0 Å². The first-order valence-corrected chi connectivity index (χ1v) is 12.3. The molecule has 1 saturated heterocycles. The number of sulfonamides is 1. The zero-order valence-electron chi connectivity index (χ0n) is 18.0. The van der Waals surface area contributed by atoms with Crippen LogP contribution in [0.2, 0.25) is 0 Å². The fraction of sp³-hybridized carbons (Fsp3) is 0.286. The Hall–Kier alpha value is -3.22. The van der Waals surface area contributed by atoms with Crippen molar-refractivity contribution < 1.29 is 27.4 Å². The summed E-state index contributed by atoms with van der Waals surface area (Å²) < 4.78 is 44.2. The molecule has 174 valence electrons. The van der Waals surface area contributed by atoms with Gasteiger partial charge in [-0.15, -0.1) is 10.2 Å². The normalized spacial score (nSPS) is 14.1. The van der Waals surface area contributed by atoms with Crippen molar-refractivity contribution in [2.75, 3.05) is 45.2 Å². The summed E-state index contributed by atoms with van der Waals surface area (Å²) in [5, 5.41) is 8.66. The standard InChI is InChI=1S/C21H22N4O6S2/c1-29-15-5-3-14(4-6-15)19-22-23-21(32-19)24-33(27,28)16-7-8-18(30-2)17(13-16)20(26)25-9-11-31-12-10-25/h3-8,13H,9-12H2,1-2H3,(H,23,24). The summed E-state index contributed by atoms with van der Waals surface area (Å²) in [6.07, 6.45) is 0. The van der Waals surface area contributed by atoms with Crippen molar-refractivity contribution in [2.24, 2.45) is 0 Å². The van der Waals surface area contributed by atoms with E-state index >= 15 is 0 Å². The second kappa shape index (κ2) is 9.73. The molecular weight excluding hydrogens is 468 g/mol. The smallest absolute Gasteiger partial charge is 0.263 e. The Labute approximate surface area is 195 Å². The molecule has 10 nitrogen and oxygen atoms in total. The third-order valence-corrected chi connectivity index (χ3v) is 7.35. The highest BCUT2D eigenvalue weighted by atomic mass is 32.2. The first-order chi connectivity index (χ1) is 15.9. The SMILES string of the molecule is COc1ccc(-c2nnc(NS(=O)(=O)c3ccc(OC)c(C(=O)N4CCOCC4)c3)s2)cc1. The van der Waals surface area contributed by atoms with Crippen LogP contribution in [-0.4, -0.2) is 69.9 Å². The fourth-order valence-corrected chi connectivity index (χ4v) is 5.25. The molecule has 3 aromatic rings. The van der Waals surface area contributed by atoms with Crippen LogP contribution in [0, 0.1) is 0 Å². The Morgan fingerprint density at radius 3 is 2.45 bits per heavy atom. The number of ether oxygens (including phenoxy) is 3. The summed E-state index contributed by atoms with van der Waals surface area (Å²) in [5.74, 6) is 0.680. The maximum atomic E-state index is 13.0. The molecule has 0 spiro atoms. The predicted octanol–water partition coefficient (Wildman–Crippen LogP) is 2.50. The molecule has 0 unspecified atom stereocenters. The van der Waals surface area contributed by atoms with Gasteiger partial charge in [-0.1, -0.05) is 11.3 Å². The second-order valence-corrected chi connectivity index (χ2v) is 9.67. The molecule has 2 aromatic carbocycles. The molecule has 0 radical (unpaired) electrons. The van der Waals surface area contributed by atoms with Gasteiger partial charge in [0.2, 0.25) is 5.13 Å². The number of hydrogen-bond acceptors (Lipinski definition) is 9. The predicted molar refractivity (Wildman–Crippen MR) is 122 cm³/mol. The number of benzene rings is 2. The van der Waals surface area contributed by atoms with Crippen LogP contribution in [-0.2, 0) is 14.8 Å². The molecule has 0 atom stereocenters. The average molecular weight is 491 g/mol. The fourth-order valence-electron chi connectivity index (χ4n) is 3.25. The second-order valence-electron chi connectivity index (χ2n) is 7.01. The number of carbonyl (C=O) groups is 1. The minimum absolute atomic E-state index is 0.0823. The average Bonchev–Trinajstić information content (AvgIpc) is 3.31. The van der Waals surface area contributed by atoms with E-state index in [0.29, 0.717) is 42.8 Å². The zero-order valence-corrected chi connectivity index (χ0v) is 19.6. The minimum Gasteiger partial charge on any atom is -0.497 e. The number of anilines is 1. The van der Waals surface area contributed by atoms with Crippen LogP contribution < -0.4 is 14.2 Å². The molecular formula is C21H22N4O6S2. The van der Waals surface area contributed by atoms with Gasteiger partial charge < -0.3 is 19.1 Å². The molecule has 1 N–H and O–H groups in total. The Morgan fingerprint density at radius 2 is 1.79 bits per heavy atom. The van der Waals surface area contributed by atoms with Gasteiger partial charge in [0.1, 0.15) is 16.5 Å². The molecule has 0 saturated carbocycles. The quantitative estimate of drug-likeness (QED) is 0.536. The molecule has 1 fully saturated rings. The number of aromatic nitrogens is 2. The van der Waals surface area contributed by atoms with Gasteiger partial charge in [0.15, 0.2) is 0 Å². The van der Waals surface area contributed by atoms with Crippen LogP contribution in [0.15, 0.2) is 47.4 Å². The number of nitrogens with one attached hydrogen (secondary N) is 1. The van der Waals surface area contributed by atoms with Gasteiger partial charge in [-0.3, -0.25) is 9.52 Å². The maximum absolute atomic E-state index is 13.0. The molecule has 2 heterocycles. The van der Waals surface area contributed by atoms with E-state index in [-0.39, 0.29) is 21.5 Å². The summed E-state index contributed by atoms with van der Waals surface area (Å²) in [5.41, 5.74) is 0.944. The summed E-state index contributed by atoms with van der Waals surface area (Å²) in [4.78, 5) is 14.5. The van der Waals surface area contributed by atoms with Crippen molar-refractivity contribution in [3.63, 3.8) is 0 Å². The van der Waals surface area contributed by atoms with Crippen molar-refractivity contribution >= 4 is 32.4 Å². The molecule has 0 bridgehead atoms. The summed E-state index contributed by atoms with van der Waals surface area (Å²) >= 11 is 1.09. The topological polar surface area (TPSA) is 120 Å². The largest absolute Gasteiger partial charge is 0.497 e. The van der Waals surface area contributed by atoms with E-state index in [1.165, 1.54) is 25.3 Å². The number of carbonyl (C=O) groups excluding carboxylic acids is 1. The van der Waals surface area contributed by atoms with Crippen molar-refractivity contribution in [1.82, 2.24) is 15.1 Å². The van der Waals surface area contributed by atoms with Gasteiger partial charge in [-0.25, -0.2) is 8.42 Å². The number of methoxy groups -OCH3 is 2. The molecule has 33 heavy (non-hydrogen) atoms. The summed E-state index contributed by atoms with van der Waals surface area (Å²) in [7, 11) is -1.01. The van der Waals surface area contributed by atoms with E-state index in [1.807, 2.05) is 12.1 Å². The van der Waals surface area contributed by atoms with E-state index in [9.17, 15) is 13.2 Å². The highest BCUT2D eigenvalue weighted by Crippen LogP contribution is 2.30. The number of amides is 1. The lowest BCUT2D eigenvalue weighted by atomic mass is 10.1. The van der Waals surface area contributed by atoms with Gasteiger partial charge in [-0.05, 0) is 42.5 Å². The molecule has 1 aliphatic heterocycles. The summed E-state index contributed by atoms with van der Waals surface area (Å²) in [6, 6.07) is 11.3. The Bertz CT molecular complexity index is 1240. The van der Waals surface area contributed by atoms with E-state index in [4.69, 9.17) is 14.2 Å². The molecule has 12 heteroatoms. The van der Waals surface area contributed by atoms with Crippen molar-refractivity contribution in [3.05, 3.63) is 48.0 Å². The van der Waals surface area contributed by atoms with Gasteiger partial charge in [0.05, 0.1) is 37.9 Å². The number of rotatable bonds is 7. The first-order valence-electron chi connectivity index (χ1n) is 9.97. The Morgan fingerprint density at radius 1 is 1.06 bits per heavy atom. The van der Waals surface area contributed by atoms with E-state index in [0.717, 1.165) is 16.9 Å².